The van der Waals surface area contributed by atoms with E-state index in [0.29, 0.717) is 18.8 Å². The van der Waals surface area contributed by atoms with Crippen LogP contribution in [0.5, 0.6) is 0 Å². The maximum Gasteiger partial charge on any atom is 0.225 e. The van der Waals surface area contributed by atoms with Crippen LogP contribution in [0.2, 0.25) is 0 Å². The van der Waals surface area contributed by atoms with Gasteiger partial charge in [0.1, 0.15) is 5.82 Å². The van der Waals surface area contributed by atoms with Crippen molar-refractivity contribution >= 4 is 5.91 Å². The predicted octanol–water partition coefficient (Wildman–Crippen LogP) is 0.235. The van der Waals surface area contributed by atoms with Gasteiger partial charge in [-0.15, -0.1) is 0 Å². The van der Waals surface area contributed by atoms with Gasteiger partial charge >= 0.3 is 0 Å². The third-order valence-electron chi connectivity index (χ3n) is 3.92. The van der Waals surface area contributed by atoms with Gasteiger partial charge in [-0.05, 0) is 32.9 Å². The van der Waals surface area contributed by atoms with Crippen LogP contribution in [0.15, 0.2) is 0 Å². The number of rotatable bonds is 6. The second kappa shape index (κ2) is 7.51. The molecule has 1 aliphatic heterocycles. The zero-order chi connectivity index (χ0) is 15.2. The lowest BCUT2D eigenvalue weighted by molar-refractivity contribution is -0.117. The highest BCUT2D eigenvalue weighted by Gasteiger charge is 2.25. The second-order valence-electron chi connectivity index (χ2n) is 5.68. The summed E-state index contributed by atoms with van der Waals surface area (Å²) in [6, 6.07) is 0.223. The Kier molecular flexibility index (Phi) is 5.69. The summed E-state index contributed by atoms with van der Waals surface area (Å²) < 4.78 is 1.83. The molecule has 0 aliphatic carbocycles. The number of aromatic nitrogens is 3. The van der Waals surface area contributed by atoms with E-state index in [2.05, 4.69) is 22.0 Å². The lowest BCUT2D eigenvalue weighted by atomic mass is 10.1. The quantitative estimate of drug-likeness (QED) is 0.783. The lowest BCUT2D eigenvalue weighted by Gasteiger charge is -2.25. The van der Waals surface area contributed by atoms with Gasteiger partial charge in [0, 0.05) is 13.2 Å². The minimum atomic E-state index is -0.421. The fraction of sp³-hybridized carbons (Fsp3) is 0.786. The van der Waals surface area contributed by atoms with E-state index in [4.69, 9.17) is 10.8 Å². The smallest absolute Gasteiger partial charge is 0.225 e. The molecule has 2 heterocycles. The first-order valence-electron chi connectivity index (χ1n) is 7.65. The zero-order valence-electron chi connectivity index (χ0n) is 12.7. The number of likely N-dealkylation sites (tertiary alicyclic amines) is 1. The Morgan fingerprint density at radius 1 is 1.43 bits per heavy atom. The molecule has 0 saturated carbocycles. The molecule has 0 aromatic carbocycles. The minimum Gasteiger partial charge on any atom is -0.396 e. The Hall–Kier alpha value is -1.47. The average Bonchev–Trinajstić information content (AvgIpc) is 2.68. The molecule has 3 N–H and O–H groups in total. The van der Waals surface area contributed by atoms with E-state index >= 15 is 0 Å². The zero-order valence-corrected chi connectivity index (χ0v) is 12.7. The molecule has 118 valence electrons. The van der Waals surface area contributed by atoms with E-state index in [9.17, 15) is 4.79 Å². The van der Waals surface area contributed by atoms with Crippen LogP contribution in [0, 0.1) is 0 Å². The Balaban J connectivity index is 2.24. The van der Waals surface area contributed by atoms with Crippen LogP contribution in [0.1, 0.15) is 49.8 Å². The number of aliphatic hydroxyl groups is 1. The predicted molar refractivity (Wildman–Crippen MR) is 78.5 cm³/mol. The van der Waals surface area contributed by atoms with Crippen molar-refractivity contribution in [2.45, 2.75) is 51.1 Å². The van der Waals surface area contributed by atoms with E-state index in [-0.39, 0.29) is 19.1 Å². The number of aliphatic hydroxyl groups excluding tert-OH is 1. The summed E-state index contributed by atoms with van der Waals surface area (Å²) in [6.45, 7) is 1.77. The summed E-state index contributed by atoms with van der Waals surface area (Å²) in [5.41, 5.74) is 5.24. The lowest BCUT2D eigenvalue weighted by Crippen LogP contribution is -2.27. The molecular formula is C14H25N5O2. The van der Waals surface area contributed by atoms with Crippen molar-refractivity contribution in [3.8, 4) is 0 Å². The maximum absolute atomic E-state index is 11.1. The Labute approximate surface area is 125 Å². The van der Waals surface area contributed by atoms with Crippen molar-refractivity contribution in [1.82, 2.24) is 19.7 Å². The first-order valence-corrected chi connectivity index (χ1v) is 7.65. The first kappa shape index (κ1) is 15.9. The summed E-state index contributed by atoms with van der Waals surface area (Å²) in [5, 5.41) is 13.4. The van der Waals surface area contributed by atoms with Crippen LogP contribution in [-0.2, 0) is 17.8 Å². The maximum atomic E-state index is 11.1. The molecule has 0 bridgehead atoms. The van der Waals surface area contributed by atoms with Gasteiger partial charge in [-0.25, -0.2) is 9.67 Å². The van der Waals surface area contributed by atoms with Crippen molar-refractivity contribution in [3.63, 3.8) is 0 Å². The van der Waals surface area contributed by atoms with Gasteiger partial charge in [0.2, 0.25) is 5.91 Å². The number of carbonyl (C=O) groups excluding carboxylic acids is 1. The van der Waals surface area contributed by atoms with E-state index in [1.807, 2.05) is 4.68 Å². The Morgan fingerprint density at radius 3 is 2.95 bits per heavy atom. The third-order valence-corrected chi connectivity index (χ3v) is 3.92. The van der Waals surface area contributed by atoms with Crippen LogP contribution >= 0.6 is 0 Å². The summed E-state index contributed by atoms with van der Waals surface area (Å²) in [7, 11) is 2.11. The van der Waals surface area contributed by atoms with E-state index in [0.717, 1.165) is 18.8 Å². The molecule has 2 rings (SSSR count). The molecule has 0 spiro atoms. The molecule has 1 aliphatic rings. The number of hydrogen-bond acceptors (Lipinski definition) is 5. The molecule has 1 atom stereocenters. The number of hydrogen-bond donors (Lipinski definition) is 2. The molecule has 1 aromatic heterocycles. The summed E-state index contributed by atoms with van der Waals surface area (Å²) in [6.07, 6.45) is 5.35. The normalized spacial score (nSPS) is 20.4. The number of nitrogens with zero attached hydrogens (tertiary/aromatic N) is 4. The number of primary amides is 1. The summed E-state index contributed by atoms with van der Waals surface area (Å²) >= 11 is 0. The van der Waals surface area contributed by atoms with Gasteiger partial charge in [-0.1, -0.05) is 12.8 Å². The highest BCUT2D eigenvalue weighted by molar-refractivity contribution is 5.75. The molecule has 0 radical (unpaired) electrons. The highest BCUT2D eigenvalue weighted by atomic mass is 16.3. The summed E-state index contributed by atoms with van der Waals surface area (Å²) in [4.78, 5) is 17.9. The highest BCUT2D eigenvalue weighted by Crippen LogP contribution is 2.27. The largest absolute Gasteiger partial charge is 0.396 e. The first-order chi connectivity index (χ1) is 10.1. The molecule has 7 nitrogen and oxygen atoms in total. The van der Waals surface area contributed by atoms with Gasteiger partial charge in [-0.2, -0.15) is 5.10 Å². The molecule has 1 amide bonds. The minimum absolute atomic E-state index is 0.0650. The topological polar surface area (TPSA) is 97.3 Å². The van der Waals surface area contributed by atoms with Crippen LogP contribution < -0.4 is 5.73 Å². The molecular weight excluding hydrogens is 270 g/mol. The fourth-order valence-electron chi connectivity index (χ4n) is 2.84. The van der Waals surface area contributed by atoms with Crippen molar-refractivity contribution in [3.05, 3.63) is 11.6 Å². The number of carbonyl (C=O) groups is 1. The number of nitrogens with two attached hydrogens (primary N) is 1. The van der Waals surface area contributed by atoms with Gasteiger partial charge in [0.25, 0.3) is 0 Å². The Morgan fingerprint density at radius 2 is 2.24 bits per heavy atom. The van der Waals surface area contributed by atoms with Gasteiger partial charge in [-0.3, -0.25) is 9.69 Å². The van der Waals surface area contributed by atoms with E-state index < -0.39 is 5.91 Å². The molecule has 1 saturated heterocycles. The molecule has 1 fully saturated rings. The van der Waals surface area contributed by atoms with E-state index in [1.54, 1.807) is 0 Å². The number of amides is 1. The Bertz CT molecular complexity index is 474. The van der Waals surface area contributed by atoms with Crippen LogP contribution in [-0.4, -0.2) is 50.9 Å². The standard InChI is InChI=1S/C14H25N5O2/c1-18-7-4-2-3-6-11(18)14-16-13(10-12(15)21)17-19(14)8-5-9-20/h11,20H,2-10H2,1H3,(H2,15,21)/t11-/m0/s1. The van der Waals surface area contributed by atoms with Gasteiger partial charge in [0.15, 0.2) is 5.82 Å². The number of aryl methyl sites for hydroxylation is 1. The van der Waals surface area contributed by atoms with Crippen LogP contribution in [0.25, 0.3) is 0 Å². The monoisotopic (exact) mass is 295 g/mol. The fourth-order valence-corrected chi connectivity index (χ4v) is 2.84. The van der Waals surface area contributed by atoms with Crippen molar-refractivity contribution in [1.29, 1.82) is 0 Å². The van der Waals surface area contributed by atoms with Crippen molar-refractivity contribution < 1.29 is 9.90 Å². The SMILES string of the molecule is CN1CCCCC[C@H]1c1nc(CC(N)=O)nn1CCCO. The van der Waals surface area contributed by atoms with E-state index in [1.165, 1.54) is 19.3 Å². The van der Waals surface area contributed by atoms with Crippen molar-refractivity contribution in [2.24, 2.45) is 5.73 Å². The third kappa shape index (κ3) is 4.25. The molecule has 7 heteroatoms. The van der Waals surface area contributed by atoms with Gasteiger partial charge < -0.3 is 10.8 Å². The van der Waals surface area contributed by atoms with Crippen LogP contribution in [0.4, 0.5) is 0 Å². The molecule has 21 heavy (non-hydrogen) atoms. The van der Waals surface area contributed by atoms with Crippen LogP contribution in [0.3, 0.4) is 0 Å². The average molecular weight is 295 g/mol. The molecule has 1 aromatic rings. The second-order valence-corrected chi connectivity index (χ2v) is 5.68. The van der Waals surface area contributed by atoms with Gasteiger partial charge in [0.05, 0.1) is 12.5 Å². The summed E-state index contributed by atoms with van der Waals surface area (Å²) in [5.74, 6) is 0.951. The van der Waals surface area contributed by atoms with Crippen molar-refractivity contribution in [2.75, 3.05) is 20.2 Å². The molecule has 0 unspecified atom stereocenters.